The summed E-state index contributed by atoms with van der Waals surface area (Å²) in [4.78, 5) is 49.4. The molecule has 7 N–H and O–H groups in total. The predicted octanol–water partition coefficient (Wildman–Crippen LogP) is 12.8. The van der Waals surface area contributed by atoms with Crippen molar-refractivity contribution < 1.29 is 19.4 Å². The molecule has 15 nitrogen and oxygen atoms in total. The van der Waals surface area contributed by atoms with Crippen molar-refractivity contribution in [3.8, 4) is 0 Å². The van der Waals surface area contributed by atoms with E-state index in [1.54, 1.807) is 37.5 Å². The Morgan fingerprint density at radius 1 is 0.808 bits per heavy atom. The third-order valence-corrected chi connectivity index (χ3v) is 13.1. The number of halogens is 5. The maximum absolute atomic E-state index is 11.1. The van der Waals surface area contributed by atoms with Crippen LogP contribution in [-0.2, 0) is 11.3 Å². The van der Waals surface area contributed by atoms with Crippen molar-refractivity contribution in [2.45, 2.75) is 32.4 Å². The summed E-state index contributed by atoms with van der Waals surface area (Å²) in [6.07, 6.45) is 11.5. The molecule has 2 saturated heterocycles. The Bertz CT molecular complexity index is 3120. The molecule has 0 amide bonds. The highest BCUT2D eigenvalue weighted by molar-refractivity contribution is 9.10. The molecule has 12 rings (SSSR count). The second-order valence-corrected chi connectivity index (χ2v) is 19.7. The molecule has 378 valence electrons. The Morgan fingerprint density at radius 3 is 2.01 bits per heavy atom. The van der Waals surface area contributed by atoms with Crippen molar-refractivity contribution in [3.63, 3.8) is 0 Å². The van der Waals surface area contributed by atoms with Gasteiger partial charge in [0.1, 0.15) is 16.5 Å². The maximum atomic E-state index is 11.1. The summed E-state index contributed by atoms with van der Waals surface area (Å²) in [6.45, 7) is 7.23. The number of hydrogen-bond donors (Lipinski definition) is 6. The average Bonchev–Trinajstić information content (AvgIpc) is 4.21. The van der Waals surface area contributed by atoms with Crippen molar-refractivity contribution in [1.29, 1.82) is 0 Å². The van der Waals surface area contributed by atoms with Crippen molar-refractivity contribution in [3.05, 3.63) is 168 Å². The number of aromatic nitrogens is 5. The molecule has 2 fully saturated rings. The standard InChI is InChI=1S/C14H11ClN4.C12H9ClN4.C10H8BrNO.C9H5BrO2S.C4H9NO.C3H7N.ClH/c15-14-17-8-6-13(19-14)18-12-3-1-10(2-4-12)11-5-7-16-9-11;13-12-15-4-3-11(17-12)16-10-2-1-8-6-14-7-9(8)5-10;1-6(13)9-4-7-2-3-8(11)5-10(7)12-9;10-6-2-1-5-3-8(9(11)12)13-7(5)4-6;5-4-1-2-6-3-4;1-2-4-3-1;/h1-6,8-9H,7H2,(H,17,18,19);1-5,7H,6H2,(H,15,16,17);2-5,12H,1H3;1-4H,(H,11,12);4H,1-3,5H2;4H,1-3H2;1H. The van der Waals surface area contributed by atoms with Gasteiger partial charge in [0, 0.05) is 80.3 Å². The number of nitrogens with zero attached hydrogens (tertiary/aromatic N) is 6. The molecule has 0 saturated carbocycles. The van der Waals surface area contributed by atoms with Crippen LogP contribution in [0.1, 0.15) is 56.6 Å². The Kier molecular flexibility index (Phi) is 22.0. The van der Waals surface area contributed by atoms with Crippen molar-refractivity contribution in [2.75, 3.05) is 43.5 Å². The molecule has 73 heavy (non-hydrogen) atoms. The number of carboxylic acid groups (broad SMARTS) is 1. The number of Topliss-reactive ketones (excluding diaryl/α,β-unsaturated/α-hetero) is 1. The number of benzene rings is 4. The van der Waals surface area contributed by atoms with Crippen LogP contribution in [0.4, 0.5) is 23.0 Å². The smallest absolute Gasteiger partial charge is 0.345 e. The lowest BCUT2D eigenvalue weighted by molar-refractivity contribution is 0.0702. The van der Waals surface area contributed by atoms with Crippen LogP contribution in [0.15, 0.2) is 141 Å². The van der Waals surface area contributed by atoms with Gasteiger partial charge in [-0.15, -0.1) is 23.7 Å². The molecule has 0 spiro atoms. The van der Waals surface area contributed by atoms with Crippen molar-refractivity contribution in [1.82, 2.24) is 30.2 Å². The molecule has 8 heterocycles. The first-order valence-electron chi connectivity index (χ1n) is 22.5. The van der Waals surface area contributed by atoms with Crippen LogP contribution in [0.5, 0.6) is 0 Å². The zero-order valence-corrected chi connectivity index (χ0v) is 45.5. The molecule has 0 bridgehead atoms. The first-order valence-corrected chi connectivity index (χ1v) is 25.7. The first kappa shape index (κ1) is 56.4. The number of H-pyrrole nitrogens is 1. The van der Waals surface area contributed by atoms with E-state index in [2.05, 4.69) is 94.9 Å². The van der Waals surface area contributed by atoms with Gasteiger partial charge in [-0.25, -0.2) is 24.7 Å². The van der Waals surface area contributed by atoms with Gasteiger partial charge in [-0.2, -0.15) is 0 Å². The third-order valence-electron chi connectivity index (χ3n) is 10.6. The van der Waals surface area contributed by atoms with Crippen LogP contribution in [0.2, 0.25) is 10.6 Å². The summed E-state index contributed by atoms with van der Waals surface area (Å²) in [5, 5.41) is 20.7. The van der Waals surface area contributed by atoms with E-state index < -0.39 is 5.97 Å². The number of aliphatic imine (C=N–C) groups is 2. The number of nitrogens with one attached hydrogen (secondary N) is 4. The zero-order chi connectivity index (χ0) is 50.8. The number of aromatic amines is 1. The molecule has 1 unspecified atom stereocenters. The SMILES string of the molecule is C1CNC1.CC(=O)c1cc2ccc(Br)cc2[nH]1.Cl.Clc1nccc(Nc2ccc(C3=CCN=C3)cc2)n1.Clc1nccc(Nc2ccc3c(c2)C=NC3)n1.NC1CCOC1.O=C(O)c1cc2ccc(Br)cc2s1. The number of fused-ring (bicyclic) bond motifs is 3. The van der Waals surface area contributed by atoms with E-state index in [0.29, 0.717) is 28.2 Å². The Hall–Kier alpha value is -5.93. The van der Waals surface area contributed by atoms with Gasteiger partial charge in [-0.1, -0.05) is 68.3 Å². The number of anilines is 4. The number of ether oxygens (including phenoxy) is 1. The Labute approximate surface area is 458 Å². The van der Waals surface area contributed by atoms with E-state index in [1.807, 2.05) is 91.3 Å². The van der Waals surface area contributed by atoms with E-state index in [-0.39, 0.29) is 28.8 Å². The number of ketones is 1. The minimum atomic E-state index is -0.864. The van der Waals surface area contributed by atoms with Gasteiger partial charge in [0.15, 0.2) is 5.78 Å². The van der Waals surface area contributed by atoms with Gasteiger partial charge in [0.05, 0.1) is 25.4 Å². The molecule has 8 aromatic rings. The summed E-state index contributed by atoms with van der Waals surface area (Å²) < 4.78 is 7.91. The fraction of sp³-hybridized carbons (Fsp3) is 0.192. The van der Waals surface area contributed by atoms with Crippen LogP contribution in [0.3, 0.4) is 0 Å². The first-order chi connectivity index (χ1) is 34.8. The average molecular weight is 1190 g/mol. The van der Waals surface area contributed by atoms with Gasteiger partial charge >= 0.3 is 5.97 Å². The normalized spacial score (nSPS) is 14.3. The summed E-state index contributed by atoms with van der Waals surface area (Å²) in [7, 11) is 0. The third kappa shape index (κ3) is 17.9. The topological polar surface area (TPSA) is 218 Å². The van der Waals surface area contributed by atoms with Gasteiger partial charge in [0.25, 0.3) is 0 Å². The summed E-state index contributed by atoms with van der Waals surface area (Å²) in [5.74, 6) is 0.555. The van der Waals surface area contributed by atoms with E-state index in [0.717, 1.165) is 90.7 Å². The van der Waals surface area contributed by atoms with E-state index in [1.165, 1.54) is 36.4 Å². The minimum Gasteiger partial charge on any atom is -0.477 e. The van der Waals surface area contributed by atoms with Crippen LogP contribution < -0.4 is 21.7 Å². The van der Waals surface area contributed by atoms with E-state index in [4.69, 9.17) is 38.8 Å². The second-order valence-electron chi connectivity index (χ2n) is 16.1. The molecular weight excluding hydrogens is 1140 g/mol. The van der Waals surface area contributed by atoms with Crippen molar-refractivity contribution in [2.24, 2.45) is 15.7 Å². The van der Waals surface area contributed by atoms with Gasteiger partial charge in [-0.05, 0) is 150 Å². The molecule has 21 heteroatoms. The number of nitrogens with two attached hydrogens (primary N) is 1. The van der Waals surface area contributed by atoms with Crippen LogP contribution in [0, 0.1) is 0 Å². The predicted molar refractivity (Wildman–Crippen MR) is 307 cm³/mol. The molecule has 0 radical (unpaired) electrons. The number of hydrogen-bond acceptors (Lipinski definition) is 14. The van der Waals surface area contributed by atoms with Gasteiger partial charge in [-0.3, -0.25) is 14.8 Å². The molecule has 4 aromatic heterocycles. The molecule has 4 aromatic carbocycles. The Morgan fingerprint density at radius 2 is 1.45 bits per heavy atom. The number of rotatable bonds is 7. The lowest BCUT2D eigenvalue weighted by atomic mass is 10.1. The summed E-state index contributed by atoms with van der Waals surface area (Å²) >= 11 is 19.5. The van der Waals surface area contributed by atoms with Crippen LogP contribution >= 0.6 is 78.8 Å². The lowest BCUT2D eigenvalue weighted by Gasteiger charge is -2.09. The second kappa shape index (κ2) is 28.5. The van der Waals surface area contributed by atoms with Gasteiger partial charge in [0.2, 0.25) is 10.6 Å². The van der Waals surface area contributed by atoms with E-state index >= 15 is 0 Å². The van der Waals surface area contributed by atoms with Crippen LogP contribution in [-0.4, -0.2) is 93.1 Å². The number of aromatic carboxylic acids is 1. The molecule has 0 aliphatic carbocycles. The highest BCUT2D eigenvalue weighted by Gasteiger charge is 2.10. The minimum absolute atomic E-state index is 0. The number of carbonyl (C=O) groups excluding carboxylic acids is 1. The van der Waals surface area contributed by atoms with Crippen molar-refractivity contribution >= 4 is 153 Å². The number of allylic oxidation sites excluding steroid dienone is 1. The number of thiophene rings is 1. The fourth-order valence-corrected chi connectivity index (χ4v) is 8.82. The molecule has 4 aliphatic rings. The van der Waals surface area contributed by atoms with Crippen LogP contribution in [0.25, 0.3) is 26.6 Å². The molecule has 4 aliphatic heterocycles. The quantitative estimate of drug-likeness (QED) is 0.0649. The molecule has 1 atom stereocenters. The fourth-order valence-electron chi connectivity index (χ4n) is 6.71. The highest BCUT2D eigenvalue weighted by atomic mass is 79.9. The van der Waals surface area contributed by atoms with E-state index in [9.17, 15) is 9.59 Å². The summed E-state index contributed by atoms with van der Waals surface area (Å²) in [5.41, 5.74) is 13.7. The molecular formula is C52H50Br2Cl3N11O4S. The lowest BCUT2D eigenvalue weighted by Crippen LogP contribution is -2.29. The number of carbonyl (C=O) groups is 2. The summed E-state index contributed by atoms with van der Waals surface area (Å²) in [6, 6.07) is 33.3. The monoisotopic (exact) mass is 1190 g/mol. The largest absolute Gasteiger partial charge is 0.477 e. The number of carboxylic acids is 1. The maximum Gasteiger partial charge on any atom is 0.345 e. The van der Waals surface area contributed by atoms with Gasteiger partial charge < -0.3 is 36.5 Å². The Balaban J connectivity index is 0.000000150. The zero-order valence-electron chi connectivity index (χ0n) is 39.2. The highest BCUT2D eigenvalue weighted by Crippen LogP contribution is 2.29.